The third kappa shape index (κ3) is 8.09. The van der Waals surface area contributed by atoms with E-state index in [2.05, 4.69) is 32.1 Å². The van der Waals surface area contributed by atoms with Crippen molar-refractivity contribution in [3.63, 3.8) is 0 Å². The number of halogens is 2. The van der Waals surface area contributed by atoms with Crippen molar-refractivity contribution in [2.24, 2.45) is 4.99 Å². The number of benzene rings is 1. The zero-order valence-corrected chi connectivity index (χ0v) is 25.6. The van der Waals surface area contributed by atoms with Crippen LogP contribution < -0.4 is 10.1 Å². The molecule has 1 saturated heterocycles. The quantitative estimate of drug-likeness (QED) is 0.214. The fraction of sp³-hybridized carbons (Fsp3) is 0.414. The average molecular weight is 631 g/mol. The van der Waals surface area contributed by atoms with Crippen LogP contribution in [-0.2, 0) is 11.3 Å². The Morgan fingerprint density at radius 1 is 1.25 bits per heavy atom. The van der Waals surface area contributed by atoms with Gasteiger partial charge in [-0.05, 0) is 31.8 Å². The number of alkyl halides is 2. The van der Waals surface area contributed by atoms with E-state index in [0.29, 0.717) is 32.7 Å². The SMILES string of the molecule is C=Nc1c(C(=O)Nc2cn(CC(=O)N3CCN(CCO)CC3)nc2-c2cc(SC(C)C)ccc2OC(F)F)cnn1/C=C\C. The van der Waals surface area contributed by atoms with Crippen LogP contribution in [0, 0.1) is 0 Å². The Kier molecular flexibility index (Phi) is 11.3. The van der Waals surface area contributed by atoms with Gasteiger partial charge in [0.05, 0.1) is 18.5 Å². The van der Waals surface area contributed by atoms with Crippen molar-refractivity contribution in [3.8, 4) is 17.0 Å². The maximum atomic E-state index is 13.5. The molecular weight excluding hydrogens is 594 g/mol. The number of aliphatic hydroxyl groups is 1. The lowest BCUT2D eigenvalue weighted by atomic mass is 10.1. The van der Waals surface area contributed by atoms with Gasteiger partial charge in [-0.25, -0.2) is 9.67 Å². The Balaban J connectivity index is 1.71. The minimum Gasteiger partial charge on any atom is -0.434 e. The van der Waals surface area contributed by atoms with E-state index in [1.807, 2.05) is 13.8 Å². The number of aromatic nitrogens is 4. The van der Waals surface area contributed by atoms with E-state index < -0.39 is 12.5 Å². The van der Waals surface area contributed by atoms with E-state index in [0.717, 1.165) is 4.90 Å². The number of nitrogens with one attached hydrogen (secondary N) is 1. The first-order valence-corrected chi connectivity index (χ1v) is 14.9. The molecule has 0 saturated carbocycles. The fourth-order valence-electron chi connectivity index (χ4n) is 4.75. The van der Waals surface area contributed by atoms with Gasteiger partial charge >= 0.3 is 6.61 Å². The number of piperazine rings is 1. The number of thioether (sulfide) groups is 1. The summed E-state index contributed by atoms with van der Waals surface area (Å²) >= 11 is 1.52. The number of carbonyl (C=O) groups is 2. The minimum atomic E-state index is -3.10. The van der Waals surface area contributed by atoms with Crippen molar-refractivity contribution in [1.29, 1.82) is 0 Å². The standard InChI is InChI=1S/C29H36F2N8O4S/c1-5-8-39-27(32-4)22(16-33-39)28(42)34-23-17-38(18-25(41)37-11-9-36(10-12-37)13-14-40)35-26(23)21-15-20(44-19(2)3)6-7-24(21)43-29(30)31/h5-8,15-17,19,29,40H,4,9-14,18H2,1-3H3,(H,34,42)/b8-5-. The Hall–Kier alpha value is -4.08. The van der Waals surface area contributed by atoms with E-state index in [9.17, 15) is 23.5 Å². The molecule has 1 aliphatic heterocycles. The summed E-state index contributed by atoms with van der Waals surface area (Å²) in [4.78, 5) is 35.2. The lowest BCUT2D eigenvalue weighted by molar-refractivity contribution is -0.133. The predicted molar refractivity (Wildman–Crippen MR) is 166 cm³/mol. The molecule has 0 spiro atoms. The summed E-state index contributed by atoms with van der Waals surface area (Å²) in [6.45, 7) is 8.93. The lowest BCUT2D eigenvalue weighted by Crippen LogP contribution is -2.50. The number of hydrogen-bond donors (Lipinski definition) is 2. The maximum Gasteiger partial charge on any atom is 0.387 e. The highest BCUT2D eigenvalue weighted by molar-refractivity contribution is 7.99. The average Bonchev–Trinajstić information content (AvgIpc) is 3.57. The third-order valence-electron chi connectivity index (χ3n) is 6.70. The summed E-state index contributed by atoms with van der Waals surface area (Å²) in [7, 11) is 0. The highest BCUT2D eigenvalue weighted by Gasteiger charge is 2.25. The molecule has 1 fully saturated rings. The molecule has 0 unspecified atom stereocenters. The molecule has 0 aliphatic carbocycles. The second kappa shape index (κ2) is 15.1. The second-order valence-electron chi connectivity index (χ2n) is 10.2. The number of carbonyl (C=O) groups excluding carboxylic acids is 2. The fourth-order valence-corrected chi connectivity index (χ4v) is 5.62. The van der Waals surface area contributed by atoms with Gasteiger partial charge in [-0.2, -0.15) is 19.0 Å². The molecule has 15 heteroatoms. The molecular formula is C29H36F2N8O4S. The highest BCUT2D eigenvalue weighted by Crippen LogP contribution is 2.39. The first kappa shape index (κ1) is 32.8. The van der Waals surface area contributed by atoms with Crippen LogP contribution in [0.4, 0.5) is 20.3 Å². The first-order chi connectivity index (χ1) is 21.1. The van der Waals surface area contributed by atoms with Crippen LogP contribution in [0.2, 0.25) is 0 Å². The molecule has 3 aromatic rings. The second-order valence-corrected chi connectivity index (χ2v) is 11.8. The topological polar surface area (TPSA) is 130 Å². The normalized spacial score (nSPS) is 14.1. The molecule has 0 atom stereocenters. The Labute approximate surface area is 258 Å². The Morgan fingerprint density at radius 3 is 2.64 bits per heavy atom. The molecule has 1 aliphatic rings. The number of aliphatic imine (C=N–C) groups is 1. The molecule has 44 heavy (non-hydrogen) atoms. The summed E-state index contributed by atoms with van der Waals surface area (Å²) in [6, 6.07) is 4.79. The number of amides is 2. The van der Waals surface area contributed by atoms with E-state index in [1.54, 1.807) is 36.2 Å². The summed E-state index contributed by atoms with van der Waals surface area (Å²) in [6.07, 6.45) is 6.17. The van der Waals surface area contributed by atoms with E-state index in [4.69, 9.17) is 4.74 Å². The molecule has 1 aromatic carbocycles. The van der Waals surface area contributed by atoms with Gasteiger partial charge < -0.3 is 20.1 Å². The Bertz CT molecular complexity index is 1500. The molecule has 0 radical (unpaired) electrons. The van der Waals surface area contributed by atoms with Crippen molar-refractivity contribution in [1.82, 2.24) is 29.4 Å². The van der Waals surface area contributed by atoms with Gasteiger partial charge in [0.15, 0.2) is 5.82 Å². The van der Waals surface area contributed by atoms with E-state index >= 15 is 0 Å². The first-order valence-electron chi connectivity index (χ1n) is 14.1. The lowest BCUT2D eigenvalue weighted by Gasteiger charge is -2.34. The van der Waals surface area contributed by atoms with E-state index in [-0.39, 0.29) is 58.4 Å². The smallest absolute Gasteiger partial charge is 0.387 e. The molecule has 2 amide bonds. The van der Waals surface area contributed by atoms with Crippen LogP contribution in [-0.4, -0.2) is 104 Å². The van der Waals surface area contributed by atoms with Crippen LogP contribution >= 0.6 is 11.8 Å². The van der Waals surface area contributed by atoms with Crippen molar-refractivity contribution < 1.29 is 28.2 Å². The van der Waals surface area contributed by atoms with Crippen molar-refractivity contribution >= 4 is 48.0 Å². The van der Waals surface area contributed by atoms with Crippen LogP contribution in [0.3, 0.4) is 0 Å². The summed E-state index contributed by atoms with van der Waals surface area (Å²) in [5, 5.41) is 20.9. The van der Waals surface area contributed by atoms with Gasteiger partial charge in [-0.15, -0.1) is 11.8 Å². The molecule has 0 bridgehead atoms. The van der Waals surface area contributed by atoms with Gasteiger partial charge in [0.2, 0.25) is 5.91 Å². The van der Waals surface area contributed by atoms with Crippen LogP contribution in [0.25, 0.3) is 17.5 Å². The largest absolute Gasteiger partial charge is 0.434 e. The molecule has 236 valence electrons. The predicted octanol–water partition coefficient (Wildman–Crippen LogP) is 4.06. The zero-order chi connectivity index (χ0) is 31.8. The third-order valence-corrected chi connectivity index (χ3v) is 7.69. The molecule has 2 N–H and O–H groups in total. The summed E-state index contributed by atoms with van der Waals surface area (Å²) < 4.78 is 34.5. The van der Waals surface area contributed by atoms with Gasteiger partial charge in [0, 0.05) is 60.8 Å². The monoisotopic (exact) mass is 630 g/mol. The van der Waals surface area contributed by atoms with Crippen molar-refractivity contribution in [2.75, 3.05) is 44.6 Å². The van der Waals surface area contributed by atoms with Gasteiger partial charge in [0.1, 0.15) is 23.6 Å². The van der Waals surface area contributed by atoms with Crippen molar-refractivity contribution in [3.05, 3.63) is 42.2 Å². The van der Waals surface area contributed by atoms with Crippen LogP contribution in [0.1, 0.15) is 31.1 Å². The molecule has 4 rings (SSSR count). The number of aliphatic hydroxyl groups excluding tert-OH is 1. The summed E-state index contributed by atoms with van der Waals surface area (Å²) in [5.74, 6) is -0.699. The van der Waals surface area contributed by atoms with Gasteiger partial charge in [-0.1, -0.05) is 19.9 Å². The maximum absolute atomic E-state index is 13.5. The molecule has 3 heterocycles. The number of ether oxygens (including phenoxy) is 1. The highest BCUT2D eigenvalue weighted by atomic mass is 32.2. The van der Waals surface area contributed by atoms with Crippen LogP contribution in [0.5, 0.6) is 5.75 Å². The zero-order valence-electron chi connectivity index (χ0n) is 24.8. The number of allylic oxidation sites excluding steroid dienone is 1. The number of β-amino-alcohol motifs (C(OH)–C–C–N with tert-alkyl or cyclic N) is 1. The number of hydrogen-bond acceptors (Lipinski definition) is 9. The molecule has 2 aromatic heterocycles. The Morgan fingerprint density at radius 2 is 2.00 bits per heavy atom. The van der Waals surface area contributed by atoms with Gasteiger partial charge in [-0.3, -0.25) is 19.2 Å². The minimum absolute atomic E-state index is 0.0487. The molecule has 12 nitrogen and oxygen atoms in total. The van der Waals surface area contributed by atoms with Crippen molar-refractivity contribution in [2.45, 2.75) is 44.1 Å². The van der Waals surface area contributed by atoms with Gasteiger partial charge in [0.25, 0.3) is 5.91 Å². The number of anilines is 1. The number of nitrogens with zero attached hydrogens (tertiary/aromatic N) is 7. The van der Waals surface area contributed by atoms with E-state index in [1.165, 1.54) is 39.6 Å². The summed E-state index contributed by atoms with van der Waals surface area (Å²) in [5.41, 5.74) is 0.674. The van der Waals surface area contributed by atoms with Crippen LogP contribution in [0.15, 0.2) is 46.6 Å². The number of rotatable bonds is 13.